The predicted molar refractivity (Wildman–Crippen MR) is 54.7 cm³/mol. The van der Waals surface area contributed by atoms with E-state index in [-0.39, 0.29) is 0 Å². The van der Waals surface area contributed by atoms with Gasteiger partial charge in [-0.25, -0.2) is 0 Å². The molecule has 0 heterocycles. The minimum atomic E-state index is 0.493. The first-order valence-electron chi connectivity index (χ1n) is 4.36. The van der Waals surface area contributed by atoms with E-state index >= 15 is 0 Å². The van der Waals surface area contributed by atoms with Crippen molar-refractivity contribution in [3.63, 3.8) is 0 Å². The standard InChI is InChI=1S/C11H15Cl/c1-9(2)11(8-12)10-6-4-3-5-7-10/h3-7,9,11H,8H2,1-2H3/t11-/m0/s1. The lowest BCUT2D eigenvalue weighted by Crippen LogP contribution is -2.07. The molecule has 1 atom stereocenters. The van der Waals surface area contributed by atoms with Crippen molar-refractivity contribution < 1.29 is 0 Å². The molecule has 0 radical (unpaired) electrons. The van der Waals surface area contributed by atoms with Crippen molar-refractivity contribution in [2.75, 3.05) is 5.88 Å². The van der Waals surface area contributed by atoms with Gasteiger partial charge in [-0.2, -0.15) is 0 Å². The summed E-state index contributed by atoms with van der Waals surface area (Å²) in [5, 5.41) is 0. The summed E-state index contributed by atoms with van der Waals surface area (Å²) in [5.41, 5.74) is 1.35. The molecule has 0 aliphatic carbocycles. The second-order valence-corrected chi connectivity index (χ2v) is 3.72. The molecule has 0 aromatic heterocycles. The van der Waals surface area contributed by atoms with Crippen molar-refractivity contribution in [1.29, 1.82) is 0 Å². The summed E-state index contributed by atoms with van der Waals surface area (Å²) in [4.78, 5) is 0. The van der Waals surface area contributed by atoms with Gasteiger partial charge in [-0.1, -0.05) is 44.2 Å². The van der Waals surface area contributed by atoms with Gasteiger partial charge in [0.1, 0.15) is 0 Å². The first kappa shape index (κ1) is 9.60. The maximum atomic E-state index is 5.90. The van der Waals surface area contributed by atoms with Crippen LogP contribution in [0.2, 0.25) is 0 Å². The minimum absolute atomic E-state index is 0.493. The van der Waals surface area contributed by atoms with Crippen LogP contribution < -0.4 is 0 Å². The van der Waals surface area contributed by atoms with Crippen LogP contribution in [0.4, 0.5) is 0 Å². The van der Waals surface area contributed by atoms with Gasteiger partial charge in [0, 0.05) is 5.88 Å². The Bertz CT molecular complexity index is 216. The first-order valence-corrected chi connectivity index (χ1v) is 4.90. The van der Waals surface area contributed by atoms with Crippen LogP contribution in [0.5, 0.6) is 0 Å². The lowest BCUT2D eigenvalue weighted by molar-refractivity contribution is 0.539. The summed E-state index contributed by atoms with van der Waals surface area (Å²) in [5.74, 6) is 1.82. The van der Waals surface area contributed by atoms with E-state index in [1.165, 1.54) is 5.56 Å². The van der Waals surface area contributed by atoms with Gasteiger partial charge >= 0.3 is 0 Å². The Morgan fingerprint density at radius 2 is 1.75 bits per heavy atom. The summed E-state index contributed by atoms with van der Waals surface area (Å²) in [6.45, 7) is 4.42. The molecule has 1 rings (SSSR count). The summed E-state index contributed by atoms with van der Waals surface area (Å²) in [6.07, 6.45) is 0. The number of hydrogen-bond donors (Lipinski definition) is 0. The SMILES string of the molecule is CC(C)[C@H](CCl)c1ccccc1. The van der Waals surface area contributed by atoms with Crippen molar-refractivity contribution >= 4 is 11.6 Å². The van der Waals surface area contributed by atoms with Crippen molar-refractivity contribution in [1.82, 2.24) is 0 Å². The van der Waals surface area contributed by atoms with Crippen molar-refractivity contribution in [2.45, 2.75) is 19.8 Å². The van der Waals surface area contributed by atoms with Gasteiger partial charge in [-0.05, 0) is 17.4 Å². The minimum Gasteiger partial charge on any atom is -0.126 e. The molecule has 66 valence electrons. The van der Waals surface area contributed by atoms with E-state index in [4.69, 9.17) is 11.6 Å². The Morgan fingerprint density at radius 1 is 1.17 bits per heavy atom. The van der Waals surface area contributed by atoms with Gasteiger partial charge in [0.25, 0.3) is 0 Å². The molecular formula is C11H15Cl. The predicted octanol–water partition coefficient (Wildman–Crippen LogP) is 3.67. The van der Waals surface area contributed by atoms with Gasteiger partial charge in [-0.15, -0.1) is 11.6 Å². The molecule has 0 fully saturated rings. The highest BCUT2D eigenvalue weighted by Crippen LogP contribution is 2.24. The van der Waals surface area contributed by atoms with E-state index < -0.39 is 0 Å². The van der Waals surface area contributed by atoms with Gasteiger partial charge < -0.3 is 0 Å². The molecule has 0 N–H and O–H groups in total. The fourth-order valence-corrected chi connectivity index (χ4v) is 1.89. The molecule has 1 heteroatoms. The number of rotatable bonds is 3. The van der Waals surface area contributed by atoms with Crippen LogP contribution in [0, 0.1) is 5.92 Å². The third-order valence-electron chi connectivity index (χ3n) is 2.20. The van der Waals surface area contributed by atoms with Crippen LogP contribution >= 0.6 is 11.6 Å². The fourth-order valence-electron chi connectivity index (χ4n) is 1.35. The molecule has 0 aliphatic heterocycles. The maximum absolute atomic E-state index is 5.90. The molecule has 1 aromatic rings. The van der Waals surface area contributed by atoms with Crippen LogP contribution in [0.25, 0.3) is 0 Å². The smallest absolute Gasteiger partial charge is 0.0294 e. The highest BCUT2D eigenvalue weighted by molar-refractivity contribution is 6.18. The molecule has 1 aromatic carbocycles. The van der Waals surface area contributed by atoms with Crippen LogP contribution in [0.3, 0.4) is 0 Å². The molecule has 0 saturated carbocycles. The van der Waals surface area contributed by atoms with Gasteiger partial charge in [0.15, 0.2) is 0 Å². The van der Waals surface area contributed by atoms with Gasteiger partial charge in [-0.3, -0.25) is 0 Å². The Morgan fingerprint density at radius 3 is 2.17 bits per heavy atom. The van der Waals surface area contributed by atoms with E-state index in [0.717, 1.165) is 0 Å². The molecule has 0 spiro atoms. The highest BCUT2D eigenvalue weighted by atomic mass is 35.5. The molecule has 0 aliphatic rings. The Hall–Kier alpha value is -0.490. The zero-order valence-electron chi connectivity index (χ0n) is 7.63. The van der Waals surface area contributed by atoms with Crippen LogP contribution in [-0.4, -0.2) is 5.88 Å². The highest BCUT2D eigenvalue weighted by Gasteiger charge is 2.13. The third-order valence-corrected chi connectivity index (χ3v) is 2.53. The molecule has 12 heavy (non-hydrogen) atoms. The van der Waals surface area contributed by atoms with Gasteiger partial charge in [0.05, 0.1) is 0 Å². The lowest BCUT2D eigenvalue weighted by Gasteiger charge is -2.17. The topological polar surface area (TPSA) is 0 Å². The zero-order chi connectivity index (χ0) is 8.97. The zero-order valence-corrected chi connectivity index (χ0v) is 8.38. The van der Waals surface area contributed by atoms with Crippen molar-refractivity contribution in [3.8, 4) is 0 Å². The summed E-state index contributed by atoms with van der Waals surface area (Å²) >= 11 is 5.90. The second-order valence-electron chi connectivity index (χ2n) is 3.42. The Balaban J connectivity index is 2.80. The lowest BCUT2D eigenvalue weighted by atomic mass is 9.90. The average Bonchev–Trinajstić information content (AvgIpc) is 2.07. The monoisotopic (exact) mass is 182 g/mol. The molecule has 0 saturated heterocycles. The summed E-state index contributed by atoms with van der Waals surface area (Å²) < 4.78 is 0. The molecule has 0 amide bonds. The molecular weight excluding hydrogens is 168 g/mol. The van der Waals surface area contributed by atoms with E-state index in [2.05, 4.69) is 38.1 Å². The van der Waals surface area contributed by atoms with Crippen LogP contribution in [0.1, 0.15) is 25.3 Å². The van der Waals surface area contributed by atoms with Gasteiger partial charge in [0.2, 0.25) is 0 Å². The summed E-state index contributed by atoms with van der Waals surface area (Å²) in [7, 11) is 0. The third kappa shape index (κ3) is 2.25. The summed E-state index contributed by atoms with van der Waals surface area (Å²) in [6, 6.07) is 10.5. The quantitative estimate of drug-likeness (QED) is 0.626. The van der Waals surface area contributed by atoms with Crippen molar-refractivity contribution in [2.24, 2.45) is 5.92 Å². The number of benzene rings is 1. The Labute approximate surface area is 79.6 Å². The normalized spacial score (nSPS) is 13.3. The molecule has 0 unspecified atom stereocenters. The fraction of sp³-hybridized carbons (Fsp3) is 0.455. The average molecular weight is 183 g/mol. The van der Waals surface area contributed by atoms with Crippen molar-refractivity contribution in [3.05, 3.63) is 35.9 Å². The first-order chi connectivity index (χ1) is 5.75. The van der Waals surface area contributed by atoms with Crippen LogP contribution in [-0.2, 0) is 0 Å². The van der Waals surface area contributed by atoms with E-state index in [9.17, 15) is 0 Å². The molecule has 0 bridgehead atoms. The maximum Gasteiger partial charge on any atom is 0.0294 e. The largest absolute Gasteiger partial charge is 0.126 e. The van der Waals surface area contributed by atoms with Crippen LogP contribution in [0.15, 0.2) is 30.3 Å². The van der Waals surface area contributed by atoms with E-state index in [0.29, 0.717) is 17.7 Å². The number of alkyl halides is 1. The van der Waals surface area contributed by atoms with E-state index in [1.807, 2.05) is 6.07 Å². The number of halogens is 1. The Kier molecular flexibility index (Phi) is 3.61. The number of hydrogen-bond acceptors (Lipinski definition) is 0. The molecule has 0 nitrogen and oxygen atoms in total. The second kappa shape index (κ2) is 4.51. The van der Waals surface area contributed by atoms with E-state index in [1.54, 1.807) is 0 Å².